The Morgan fingerprint density at radius 2 is 2.00 bits per heavy atom. The maximum absolute atomic E-state index is 13.5. The fourth-order valence-electron chi connectivity index (χ4n) is 2.48. The van der Waals surface area contributed by atoms with Crippen LogP contribution < -0.4 is 5.32 Å². The number of carbonyl (C=O) groups is 2. The van der Waals surface area contributed by atoms with E-state index in [-0.39, 0.29) is 11.6 Å². The molecule has 0 aromatic heterocycles. The summed E-state index contributed by atoms with van der Waals surface area (Å²) in [4.78, 5) is 22.8. The van der Waals surface area contributed by atoms with Crippen molar-refractivity contribution in [2.75, 3.05) is 0 Å². The highest BCUT2D eigenvalue weighted by Crippen LogP contribution is 2.24. The van der Waals surface area contributed by atoms with Crippen LogP contribution in [-0.4, -0.2) is 23.0 Å². The number of carboxylic acid groups (broad SMARTS) is 1. The van der Waals surface area contributed by atoms with Gasteiger partial charge < -0.3 is 10.4 Å². The van der Waals surface area contributed by atoms with Gasteiger partial charge in [-0.2, -0.15) is 0 Å². The smallest absolute Gasteiger partial charge is 0.306 e. The van der Waals surface area contributed by atoms with Crippen LogP contribution in [0.25, 0.3) is 0 Å². The summed E-state index contributed by atoms with van der Waals surface area (Å²) >= 11 is 0. The summed E-state index contributed by atoms with van der Waals surface area (Å²) < 4.78 is 26.2. The average molecular weight is 283 g/mol. The molecule has 0 bridgehead atoms. The number of halogens is 2. The average Bonchev–Trinajstić information content (AvgIpc) is 2.38. The van der Waals surface area contributed by atoms with Crippen LogP contribution in [0.4, 0.5) is 8.78 Å². The van der Waals surface area contributed by atoms with Gasteiger partial charge in [0, 0.05) is 12.1 Å². The maximum Gasteiger partial charge on any atom is 0.306 e. The standard InChI is InChI=1S/C14H15F2NO3/c15-9-4-5-11(12(16)7-9)13(18)17-10-3-1-2-8(6-10)14(19)20/h4-5,7-8,10H,1-3,6H2,(H,17,18)(H,19,20). The van der Waals surface area contributed by atoms with Crippen LogP contribution in [0.3, 0.4) is 0 Å². The summed E-state index contributed by atoms with van der Waals surface area (Å²) in [6.07, 6.45) is 2.29. The van der Waals surface area contributed by atoms with Crippen LogP contribution in [0, 0.1) is 17.6 Å². The van der Waals surface area contributed by atoms with E-state index in [9.17, 15) is 18.4 Å². The van der Waals surface area contributed by atoms with Gasteiger partial charge in [-0.25, -0.2) is 8.78 Å². The number of hydrogen-bond donors (Lipinski definition) is 2. The van der Waals surface area contributed by atoms with Gasteiger partial charge in [-0.05, 0) is 31.4 Å². The third-order valence-corrected chi connectivity index (χ3v) is 3.53. The molecule has 1 saturated carbocycles. The molecule has 1 amide bonds. The Morgan fingerprint density at radius 3 is 2.65 bits per heavy atom. The van der Waals surface area contributed by atoms with Gasteiger partial charge in [-0.3, -0.25) is 9.59 Å². The second-order valence-electron chi connectivity index (χ2n) is 5.00. The molecule has 1 fully saturated rings. The van der Waals surface area contributed by atoms with Crippen molar-refractivity contribution in [3.05, 3.63) is 35.4 Å². The first kappa shape index (κ1) is 14.4. The van der Waals surface area contributed by atoms with E-state index in [1.54, 1.807) is 0 Å². The highest BCUT2D eigenvalue weighted by molar-refractivity contribution is 5.94. The molecule has 2 rings (SSSR count). The minimum atomic E-state index is -0.923. The zero-order valence-electron chi connectivity index (χ0n) is 10.7. The van der Waals surface area contributed by atoms with Crippen molar-refractivity contribution in [1.82, 2.24) is 5.32 Å². The molecule has 0 saturated heterocycles. The van der Waals surface area contributed by atoms with Crippen molar-refractivity contribution < 1.29 is 23.5 Å². The van der Waals surface area contributed by atoms with Crippen LogP contribution >= 0.6 is 0 Å². The first-order valence-corrected chi connectivity index (χ1v) is 6.46. The third kappa shape index (κ3) is 3.31. The van der Waals surface area contributed by atoms with E-state index in [1.165, 1.54) is 0 Å². The predicted octanol–water partition coefficient (Wildman–Crippen LogP) is 2.34. The molecule has 0 radical (unpaired) electrons. The lowest BCUT2D eigenvalue weighted by atomic mass is 9.85. The van der Waals surface area contributed by atoms with Gasteiger partial charge in [0.1, 0.15) is 11.6 Å². The van der Waals surface area contributed by atoms with Crippen molar-refractivity contribution in [3.63, 3.8) is 0 Å². The lowest BCUT2D eigenvalue weighted by molar-refractivity contribution is -0.143. The zero-order valence-corrected chi connectivity index (χ0v) is 10.7. The zero-order chi connectivity index (χ0) is 14.7. The van der Waals surface area contributed by atoms with E-state index in [1.807, 2.05) is 0 Å². The van der Waals surface area contributed by atoms with Crippen molar-refractivity contribution in [3.8, 4) is 0 Å². The predicted molar refractivity (Wildman–Crippen MR) is 67.2 cm³/mol. The van der Waals surface area contributed by atoms with Crippen molar-refractivity contribution in [1.29, 1.82) is 0 Å². The highest BCUT2D eigenvalue weighted by atomic mass is 19.1. The van der Waals surface area contributed by atoms with E-state index in [4.69, 9.17) is 5.11 Å². The lowest BCUT2D eigenvalue weighted by Gasteiger charge is -2.27. The molecular weight excluding hydrogens is 268 g/mol. The van der Waals surface area contributed by atoms with Crippen molar-refractivity contribution in [2.45, 2.75) is 31.7 Å². The summed E-state index contributed by atoms with van der Waals surface area (Å²) in [7, 11) is 0. The first-order valence-electron chi connectivity index (χ1n) is 6.46. The minimum Gasteiger partial charge on any atom is -0.481 e. The van der Waals surface area contributed by atoms with Gasteiger partial charge in [0.2, 0.25) is 0 Å². The van der Waals surface area contributed by atoms with E-state index >= 15 is 0 Å². The van der Waals surface area contributed by atoms with E-state index < -0.39 is 29.4 Å². The van der Waals surface area contributed by atoms with Gasteiger partial charge in [0.15, 0.2) is 0 Å². The molecule has 1 aliphatic carbocycles. The van der Waals surface area contributed by atoms with Gasteiger partial charge in [-0.15, -0.1) is 0 Å². The lowest BCUT2D eigenvalue weighted by Crippen LogP contribution is -2.40. The number of carbonyl (C=O) groups excluding carboxylic acids is 1. The van der Waals surface area contributed by atoms with Gasteiger partial charge in [-0.1, -0.05) is 6.42 Å². The monoisotopic (exact) mass is 283 g/mol. The molecule has 1 aromatic carbocycles. The topological polar surface area (TPSA) is 66.4 Å². The van der Waals surface area contributed by atoms with Crippen LogP contribution in [0.15, 0.2) is 18.2 Å². The second kappa shape index (κ2) is 5.98. The molecule has 2 N–H and O–H groups in total. The number of benzene rings is 1. The van der Waals surface area contributed by atoms with E-state index in [2.05, 4.69) is 5.32 Å². The Labute approximate surface area is 114 Å². The first-order chi connectivity index (χ1) is 9.47. The maximum atomic E-state index is 13.5. The summed E-state index contributed by atoms with van der Waals surface area (Å²) in [5.74, 6) is -3.67. The molecule has 1 aromatic rings. The largest absolute Gasteiger partial charge is 0.481 e. The fourth-order valence-corrected chi connectivity index (χ4v) is 2.48. The van der Waals surface area contributed by atoms with Gasteiger partial charge in [0.25, 0.3) is 5.91 Å². The van der Waals surface area contributed by atoms with Crippen LogP contribution in [0.1, 0.15) is 36.0 Å². The number of nitrogens with one attached hydrogen (secondary N) is 1. The number of rotatable bonds is 3. The second-order valence-corrected chi connectivity index (χ2v) is 5.00. The Hall–Kier alpha value is -1.98. The molecule has 0 aliphatic heterocycles. The molecule has 0 heterocycles. The fraction of sp³-hybridized carbons (Fsp3) is 0.429. The van der Waals surface area contributed by atoms with Crippen molar-refractivity contribution in [2.24, 2.45) is 5.92 Å². The van der Waals surface area contributed by atoms with Crippen molar-refractivity contribution >= 4 is 11.9 Å². The summed E-state index contributed by atoms with van der Waals surface area (Å²) in [6.45, 7) is 0. The number of amides is 1. The molecule has 2 atom stereocenters. The van der Waals surface area contributed by atoms with Gasteiger partial charge >= 0.3 is 5.97 Å². The highest BCUT2D eigenvalue weighted by Gasteiger charge is 2.28. The quantitative estimate of drug-likeness (QED) is 0.894. The SMILES string of the molecule is O=C(NC1CCCC(C(=O)O)C1)c1ccc(F)cc1F. The Bertz CT molecular complexity index is 533. The summed E-state index contributed by atoms with van der Waals surface area (Å²) in [5.41, 5.74) is -0.233. The molecular formula is C14H15F2NO3. The third-order valence-electron chi connectivity index (χ3n) is 3.53. The molecule has 1 aliphatic rings. The van der Waals surface area contributed by atoms with Gasteiger partial charge in [0.05, 0.1) is 11.5 Å². The Balaban J connectivity index is 2.02. The van der Waals surface area contributed by atoms with Crippen LogP contribution in [-0.2, 0) is 4.79 Å². The number of aliphatic carboxylic acids is 1. The van der Waals surface area contributed by atoms with Crippen LogP contribution in [0.2, 0.25) is 0 Å². The van der Waals surface area contributed by atoms with E-state index in [0.29, 0.717) is 31.7 Å². The molecule has 0 spiro atoms. The molecule has 108 valence electrons. The Morgan fingerprint density at radius 1 is 1.25 bits per heavy atom. The molecule has 4 nitrogen and oxygen atoms in total. The summed E-state index contributed by atoms with van der Waals surface area (Å²) in [5, 5.41) is 11.6. The summed E-state index contributed by atoms with van der Waals surface area (Å²) in [6, 6.07) is 2.45. The number of hydrogen-bond acceptors (Lipinski definition) is 2. The van der Waals surface area contributed by atoms with E-state index in [0.717, 1.165) is 12.1 Å². The Kier molecular flexibility index (Phi) is 4.32. The molecule has 2 unspecified atom stereocenters. The normalized spacial score (nSPS) is 22.3. The minimum absolute atomic E-state index is 0.233. The van der Waals surface area contributed by atoms with Crippen LogP contribution in [0.5, 0.6) is 0 Å². The molecule has 6 heteroatoms. The molecule has 20 heavy (non-hydrogen) atoms. The number of carboxylic acids is 1.